The number of hydrogen-bond acceptors (Lipinski definition) is 3. The summed E-state index contributed by atoms with van der Waals surface area (Å²) in [7, 11) is 0. The van der Waals surface area contributed by atoms with Crippen LogP contribution >= 0.6 is 0 Å². The molecule has 3 rings (SSSR count). The lowest BCUT2D eigenvalue weighted by Crippen LogP contribution is -2.06. The summed E-state index contributed by atoms with van der Waals surface area (Å²) in [5, 5.41) is 5.50. The maximum absolute atomic E-state index is 12.8. The Morgan fingerprint density at radius 2 is 1.79 bits per heavy atom. The van der Waals surface area contributed by atoms with Gasteiger partial charge in [0, 0.05) is 5.56 Å². The minimum absolute atomic E-state index is 0.0898. The Bertz CT molecular complexity index is 719. The number of benzene rings is 1. The lowest BCUT2D eigenvalue weighted by atomic mass is 10.2. The van der Waals surface area contributed by atoms with Crippen molar-refractivity contribution in [3.8, 4) is 11.4 Å². The number of hydrogen-bond donors (Lipinski definition) is 1. The van der Waals surface area contributed by atoms with Gasteiger partial charge in [-0.3, -0.25) is 5.10 Å². The number of aromatic amines is 1. The molecule has 0 fully saturated rings. The minimum atomic E-state index is -4.52. The highest BCUT2D eigenvalue weighted by Crippen LogP contribution is 2.32. The highest BCUT2D eigenvalue weighted by molar-refractivity contribution is 5.78. The van der Waals surface area contributed by atoms with Crippen LogP contribution in [-0.2, 0) is 6.18 Å². The molecule has 0 aliphatic rings. The van der Waals surface area contributed by atoms with Crippen molar-refractivity contribution in [2.45, 2.75) is 6.18 Å². The van der Waals surface area contributed by atoms with Gasteiger partial charge in [-0.1, -0.05) is 30.3 Å². The van der Waals surface area contributed by atoms with E-state index in [0.29, 0.717) is 5.56 Å². The van der Waals surface area contributed by atoms with E-state index in [0.717, 1.165) is 0 Å². The van der Waals surface area contributed by atoms with E-state index in [1.165, 1.54) is 6.20 Å². The van der Waals surface area contributed by atoms with Crippen molar-refractivity contribution in [2.75, 3.05) is 0 Å². The molecule has 1 N–H and O–H groups in total. The molecule has 0 aliphatic carbocycles. The molecule has 0 aliphatic heterocycles. The molecule has 96 valence electrons. The summed E-state index contributed by atoms with van der Waals surface area (Å²) in [6.45, 7) is 0. The highest BCUT2D eigenvalue weighted by Gasteiger charge is 2.36. The molecule has 0 bridgehead atoms. The van der Waals surface area contributed by atoms with E-state index in [4.69, 9.17) is 0 Å². The monoisotopic (exact) mass is 264 g/mol. The fourth-order valence-electron chi connectivity index (χ4n) is 1.73. The second-order valence-electron chi connectivity index (χ2n) is 3.89. The number of fused-ring (bicyclic) bond motifs is 1. The maximum Gasteiger partial charge on any atom is 0.434 e. The second kappa shape index (κ2) is 4.04. The largest absolute Gasteiger partial charge is 0.434 e. The first kappa shape index (κ1) is 11.6. The van der Waals surface area contributed by atoms with Crippen molar-refractivity contribution < 1.29 is 13.2 Å². The summed E-state index contributed by atoms with van der Waals surface area (Å²) in [5.41, 5.74) is -0.436. The van der Waals surface area contributed by atoms with Crippen molar-refractivity contribution in [1.29, 1.82) is 0 Å². The quantitative estimate of drug-likeness (QED) is 0.735. The van der Waals surface area contributed by atoms with E-state index in [-0.39, 0.29) is 16.9 Å². The minimum Gasteiger partial charge on any atom is -0.271 e. The summed E-state index contributed by atoms with van der Waals surface area (Å²) in [4.78, 5) is 7.96. The Labute approximate surface area is 105 Å². The van der Waals surface area contributed by atoms with Crippen LogP contribution in [-0.4, -0.2) is 20.2 Å². The zero-order valence-electron chi connectivity index (χ0n) is 9.44. The van der Waals surface area contributed by atoms with Gasteiger partial charge < -0.3 is 0 Å². The van der Waals surface area contributed by atoms with Gasteiger partial charge in [0.2, 0.25) is 0 Å². The molecule has 0 atom stereocenters. The number of nitrogens with one attached hydrogen (secondary N) is 1. The van der Waals surface area contributed by atoms with Crippen LogP contribution in [0.5, 0.6) is 0 Å². The predicted molar refractivity (Wildman–Crippen MR) is 62.1 cm³/mol. The molecule has 0 spiro atoms. The number of alkyl halides is 3. The van der Waals surface area contributed by atoms with Crippen LogP contribution < -0.4 is 0 Å². The molecule has 0 unspecified atom stereocenters. The Balaban J connectivity index is 2.20. The van der Waals surface area contributed by atoms with Crippen LogP contribution in [0.1, 0.15) is 5.69 Å². The van der Waals surface area contributed by atoms with E-state index in [9.17, 15) is 13.2 Å². The van der Waals surface area contributed by atoms with Gasteiger partial charge >= 0.3 is 6.18 Å². The molecular weight excluding hydrogens is 257 g/mol. The van der Waals surface area contributed by atoms with Gasteiger partial charge in [-0.15, -0.1) is 0 Å². The van der Waals surface area contributed by atoms with Crippen molar-refractivity contribution >= 4 is 11.0 Å². The van der Waals surface area contributed by atoms with E-state index < -0.39 is 11.9 Å². The third-order valence-corrected chi connectivity index (χ3v) is 2.61. The molecule has 0 amide bonds. The Morgan fingerprint density at radius 3 is 2.47 bits per heavy atom. The van der Waals surface area contributed by atoms with Gasteiger partial charge in [-0.2, -0.15) is 18.3 Å². The Hall–Kier alpha value is -2.44. The first-order valence-electron chi connectivity index (χ1n) is 5.39. The van der Waals surface area contributed by atoms with Crippen LogP contribution in [0, 0.1) is 0 Å². The van der Waals surface area contributed by atoms with Gasteiger partial charge in [-0.25, -0.2) is 9.97 Å². The third-order valence-electron chi connectivity index (χ3n) is 2.61. The Morgan fingerprint density at radius 1 is 1.05 bits per heavy atom. The lowest BCUT2D eigenvalue weighted by molar-refractivity contribution is -0.140. The van der Waals surface area contributed by atoms with Gasteiger partial charge in [0.05, 0.1) is 6.20 Å². The lowest BCUT2D eigenvalue weighted by Gasteiger charge is -2.03. The highest BCUT2D eigenvalue weighted by atomic mass is 19.4. The third kappa shape index (κ3) is 2.03. The van der Waals surface area contributed by atoms with Crippen LogP contribution in [0.2, 0.25) is 0 Å². The normalized spacial score (nSPS) is 11.9. The van der Waals surface area contributed by atoms with E-state index in [1.54, 1.807) is 30.3 Å². The zero-order valence-corrected chi connectivity index (χ0v) is 9.44. The molecule has 3 aromatic rings. The number of rotatable bonds is 1. The number of nitrogens with zero attached hydrogens (tertiary/aromatic N) is 3. The van der Waals surface area contributed by atoms with Crippen molar-refractivity contribution in [2.24, 2.45) is 0 Å². The topological polar surface area (TPSA) is 54.5 Å². The first-order valence-corrected chi connectivity index (χ1v) is 5.39. The van der Waals surface area contributed by atoms with E-state index in [1.807, 2.05) is 5.10 Å². The fraction of sp³-hybridized carbons (Fsp3) is 0.0833. The molecular formula is C12H7F3N4. The first-order chi connectivity index (χ1) is 9.05. The van der Waals surface area contributed by atoms with Crippen molar-refractivity contribution in [3.63, 3.8) is 0 Å². The fourth-order valence-corrected chi connectivity index (χ4v) is 1.73. The van der Waals surface area contributed by atoms with Crippen LogP contribution in [0.15, 0.2) is 36.5 Å². The molecule has 7 heteroatoms. The van der Waals surface area contributed by atoms with E-state index in [2.05, 4.69) is 15.1 Å². The summed E-state index contributed by atoms with van der Waals surface area (Å²) < 4.78 is 38.3. The molecule has 4 nitrogen and oxygen atoms in total. The Kier molecular flexibility index (Phi) is 2.48. The predicted octanol–water partition coefficient (Wildman–Crippen LogP) is 3.04. The van der Waals surface area contributed by atoms with Crippen LogP contribution in [0.4, 0.5) is 13.2 Å². The molecule has 2 heterocycles. The number of aromatic nitrogens is 4. The molecule has 2 aromatic heterocycles. The smallest absolute Gasteiger partial charge is 0.271 e. The summed E-state index contributed by atoms with van der Waals surface area (Å²) in [6, 6.07) is 8.80. The van der Waals surface area contributed by atoms with Crippen molar-refractivity contribution in [3.05, 3.63) is 42.2 Å². The molecule has 1 aromatic carbocycles. The average Bonchev–Trinajstić information content (AvgIpc) is 2.82. The van der Waals surface area contributed by atoms with Gasteiger partial charge in [0.25, 0.3) is 0 Å². The molecule has 0 saturated heterocycles. The standard InChI is InChI=1S/C12H7F3N4/c13-12(14,15)10-9-8(18-19-10)6-16-11(17-9)7-4-2-1-3-5-7/h1-6H,(H,18,19). The van der Waals surface area contributed by atoms with Gasteiger partial charge in [-0.05, 0) is 0 Å². The summed E-state index contributed by atoms with van der Waals surface area (Å²) >= 11 is 0. The second-order valence-corrected chi connectivity index (χ2v) is 3.89. The van der Waals surface area contributed by atoms with Crippen LogP contribution in [0.3, 0.4) is 0 Å². The summed E-state index contributed by atoms with van der Waals surface area (Å²) in [6.07, 6.45) is -3.24. The number of H-pyrrole nitrogens is 1. The molecule has 0 radical (unpaired) electrons. The van der Waals surface area contributed by atoms with Gasteiger partial charge in [0.15, 0.2) is 11.5 Å². The molecule has 19 heavy (non-hydrogen) atoms. The van der Waals surface area contributed by atoms with Crippen molar-refractivity contribution in [1.82, 2.24) is 20.2 Å². The van der Waals surface area contributed by atoms with Gasteiger partial charge in [0.1, 0.15) is 11.0 Å². The maximum atomic E-state index is 12.8. The SMILES string of the molecule is FC(F)(F)c1[nH]nc2cnc(-c3ccccc3)nc12. The van der Waals surface area contributed by atoms with E-state index >= 15 is 0 Å². The zero-order chi connectivity index (χ0) is 13.5. The van der Waals surface area contributed by atoms with Crippen LogP contribution in [0.25, 0.3) is 22.4 Å². The summed E-state index contributed by atoms with van der Waals surface area (Å²) in [5.74, 6) is 0.236. The molecule has 0 saturated carbocycles. The number of halogens is 3. The average molecular weight is 264 g/mol.